The third-order valence-electron chi connectivity index (χ3n) is 0. The van der Waals surface area contributed by atoms with Crippen LogP contribution in [0.5, 0.6) is 0 Å². The Hall–Kier alpha value is 1.11. The zero-order valence-corrected chi connectivity index (χ0v) is 22.4. The van der Waals surface area contributed by atoms with E-state index in [4.69, 9.17) is 10.2 Å². The van der Waals surface area contributed by atoms with Crippen molar-refractivity contribution in [3.63, 3.8) is 0 Å². The van der Waals surface area contributed by atoms with Crippen LogP contribution in [0.1, 0.15) is 6.92 Å². The van der Waals surface area contributed by atoms with Crippen LogP contribution in [-0.2, 0) is 43.4 Å². The third kappa shape index (κ3) is 10900. The first-order valence-corrected chi connectivity index (χ1v) is 6.84. The Morgan fingerprint density at radius 3 is 0.440 bits per heavy atom. The number of nitrogens with zero attached hydrogens (tertiary/aromatic N) is 6. The van der Waals surface area contributed by atoms with E-state index in [0.29, 0.717) is 0 Å². The van der Waals surface area contributed by atoms with Gasteiger partial charge < -0.3 is 42.1 Å². The van der Waals surface area contributed by atoms with Crippen molar-refractivity contribution in [1.29, 1.82) is 0 Å². The molecule has 10 heteroatoms. The van der Waals surface area contributed by atoms with Crippen LogP contribution < -0.4 is 0 Å². The van der Waals surface area contributed by atoms with E-state index in [0.717, 1.165) is 7.11 Å². The van der Waals surface area contributed by atoms with E-state index in [-0.39, 0.29) is 50.0 Å². The molecule has 0 fully saturated rings. The minimum atomic E-state index is 0. The fraction of sp³-hybridized carbons (Fsp3) is 1.00. The summed E-state index contributed by atoms with van der Waals surface area (Å²) in [5.74, 6) is 0. The molecule has 0 aliphatic carbocycles. The largest absolute Gasteiger partial charge is 3.00 e. The molecular weight excluding hydrogens is 392 g/mol. The molecule has 2 N–H and O–H groups in total. The van der Waals surface area contributed by atoms with Crippen molar-refractivity contribution in [2.75, 3.05) is 98.3 Å². The van der Waals surface area contributed by atoms with Crippen LogP contribution in [0, 0.1) is 0 Å². The van der Waals surface area contributed by atoms with Crippen LogP contribution in [0.15, 0.2) is 0 Å². The summed E-state index contributed by atoms with van der Waals surface area (Å²) < 4.78 is 0. The molecule has 8 nitrogen and oxygen atoms in total. The van der Waals surface area contributed by atoms with E-state index in [9.17, 15) is 0 Å². The van der Waals surface area contributed by atoms with Gasteiger partial charge in [0.05, 0.1) is 0 Å². The zero-order valence-electron chi connectivity index (χ0n) is 19.3. The van der Waals surface area contributed by atoms with Crippen LogP contribution in [0.3, 0.4) is 0 Å². The molecule has 25 heavy (non-hydrogen) atoms. The Morgan fingerprint density at radius 2 is 0.440 bits per heavy atom. The fourth-order valence-electron chi connectivity index (χ4n) is 0. The first-order chi connectivity index (χ1) is 10.9. The topological polar surface area (TPSA) is 125 Å². The maximum atomic E-state index is 7.57. The molecule has 0 spiro atoms. The van der Waals surface area contributed by atoms with Gasteiger partial charge in [0.1, 0.15) is 0 Å². The minimum Gasteiger partial charge on any atom is -0.668 e. The molecule has 0 aliphatic heterocycles. The van der Waals surface area contributed by atoms with E-state index in [1.165, 1.54) is 0 Å². The molecule has 0 aromatic carbocycles. The first-order valence-electron chi connectivity index (χ1n) is 6.84. The monoisotopic (exact) mass is 438 g/mol. The Kier molecular flexibility index (Phi) is 563. The van der Waals surface area contributed by atoms with Crippen molar-refractivity contribution >= 4 is 0 Å². The molecule has 0 saturated carbocycles. The van der Waals surface area contributed by atoms with Gasteiger partial charge in [-0.05, 0) is 6.92 Å². The van der Waals surface area contributed by atoms with Crippen molar-refractivity contribution in [2.24, 2.45) is 0 Å². The van der Waals surface area contributed by atoms with E-state index in [2.05, 4.69) is 31.9 Å². The Balaban J connectivity index is -0.0000000127. The standard InChI is InChI=1S/6C2H6N.C2H6O.CH4O.2Ti/c6*1-3-2;1-2-3;1-2;;/h6*1-2H3;3H,2H2,1H3;2H,1H3;;/q6*-1;;;2*+3. The van der Waals surface area contributed by atoms with Gasteiger partial charge in [-0.25, -0.2) is 0 Å². The Morgan fingerprint density at radius 1 is 0.440 bits per heavy atom. The third-order valence-corrected chi connectivity index (χ3v) is 0. The zero-order chi connectivity index (χ0) is 20.9. The number of aliphatic hydroxyl groups excluding tert-OH is 2. The fourth-order valence-corrected chi connectivity index (χ4v) is 0. The predicted octanol–water partition coefficient (Wildman–Crippen LogP) is 3.32. The summed E-state index contributed by atoms with van der Waals surface area (Å²) in [7, 11) is 22.0. The van der Waals surface area contributed by atoms with Crippen molar-refractivity contribution in [3.8, 4) is 0 Å². The minimum absolute atomic E-state index is 0. The summed E-state index contributed by atoms with van der Waals surface area (Å²) in [5.41, 5.74) is 0. The van der Waals surface area contributed by atoms with Crippen molar-refractivity contribution < 1.29 is 53.6 Å². The molecular formula is C15H46N6O2Ti2. The summed E-state index contributed by atoms with van der Waals surface area (Å²) in [6.07, 6.45) is 0. The van der Waals surface area contributed by atoms with Gasteiger partial charge in [-0.2, -0.15) is 84.6 Å². The number of hydrogen-bond donors (Lipinski definition) is 2. The smallest absolute Gasteiger partial charge is 0.668 e. The molecule has 0 saturated heterocycles. The number of hydrogen-bond acceptors (Lipinski definition) is 2. The normalized spacial score (nSPS) is 5.28. The quantitative estimate of drug-likeness (QED) is 0.563. The van der Waals surface area contributed by atoms with E-state index in [1.807, 2.05) is 0 Å². The Bertz CT molecular complexity index is 57.6. The summed E-state index contributed by atoms with van der Waals surface area (Å²) in [5, 5.41) is 35.6. The maximum absolute atomic E-state index is 7.57. The van der Waals surface area contributed by atoms with Crippen LogP contribution in [0.25, 0.3) is 31.9 Å². The average Bonchev–Trinajstić information content (AvgIpc) is 2.46. The molecule has 0 aromatic rings. The SMILES string of the molecule is CCO.CO.C[N-]C.C[N-]C.C[N-]C.C[N-]C.C[N-]C.C[N-]C.[Ti+3].[Ti+3]. The molecule has 0 unspecified atom stereocenters. The second-order valence-corrected chi connectivity index (χ2v) is 3.00. The van der Waals surface area contributed by atoms with Gasteiger partial charge in [0.2, 0.25) is 0 Å². The van der Waals surface area contributed by atoms with Gasteiger partial charge in [0, 0.05) is 13.7 Å². The van der Waals surface area contributed by atoms with Gasteiger partial charge >= 0.3 is 43.4 Å². The first kappa shape index (κ1) is 63.4. The van der Waals surface area contributed by atoms with E-state index in [1.54, 1.807) is 91.5 Å². The van der Waals surface area contributed by atoms with Gasteiger partial charge in [-0.3, -0.25) is 0 Å². The second-order valence-electron chi connectivity index (χ2n) is 3.00. The van der Waals surface area contributed by atoms with Crippen LogP contribution >= 0.6 is 0 Å². The second kappa shape index (κ2) is 222. The van der Waals surface area contributed by atoms with Gasteiger partial charge in [0.15, 0.2) is 0 Å². The van der Waals surface area contributed by atoms with Gasteiger partial charge in [-0.1, -0.05) is 0 Å². The van der Waals surface area contributed by atoms with Crippen LogP contribution in [0.2, 0.25) is 0 Å². The molecule has 0 bridgehead atoms. The van der Waals surface area contributed by atoms with Crippen LogP contribution in [0.4, 0.5) is 0 Å². The molecule has 0 rings (SSSR count). The molecule has 0 atom stereocenters. The van der Waals surface area contributed by atoms with Gasteiger partial charge in [-0.15, -0.1) is 0 Å². The van der Waals surface area contributed by atoms with Crippen molar-refractivity contribution in [2.45, 2.75) is 6.92 Å². The molecule has 0 amide bonds. The molecule has 0 aromatic heterocycles. The van der Waals surface area contributed by atoms with Crippen LogP contribution in [-0.4, -0.2) is 109 Å². The Labute approximate surface area is 190 Å². The number of rotatable bonds is 0. The van der Waals surface area contributed by atoms with Crippen molar-refractivity contribution in [1.82, 2.24) is 0 Å². The summed E-state index contributed by atoms with van der Waals surface area (Å²) in [4.78, 5) is 0. The van der Waals surface area contributed by atoms with Crippen molar-refractivity contribution in [3.05, 3.63) is 31.9 Å². The summed E-state index contributed by atoms with van der Waals surface area (Å²) in [6.45, 7) is 1.93. The molecule has 156 valence electrons. The van der Waals surface area contributed by atoms with Gasteiger partial charge in [0.25, 0.3) is 0 Å². The summed E-state index contributed by atoms with van der Waals surface area (Å²) >= 11 is 0. The molecule has 0 heterocycles. The maximum Gasteiger partial charge on any atom is 3.00 e. The molecule has 2 radical (unpaired) electrons. The summed E-state index contributed by atoms with van der Waals surface area (Å²) in [6, 6.07) is 0. The molecule has 0 aliphatic rings. The van der Waals surface area contributed by atoms with E-state index < -0.39 is 0 Å². The number of aliphatic hydroxyl groups is 2. The predicted molar refractivity (Wildman–Crippen MR) is 112 cm³/mol. The van der Waals surface area contributed by atoms with E-state index >= 15 is 0 Å². The average molecular weight is 438 g/mol.